The molecule has 0 aliphatic heterocycles. The van der Waals surface area contributed by atoms with Gasteiger partial charge in [-0.2, -0.15) is 0 Å². The summed E-state index contributed by atoms with van der Waals surface area (Å²) in [4.78, 5) is 17.5. The molecule has 1 amide bonds. The van der Waals surface area contributed by atoms with E-state index in [-0.39, 0.29) is 5.82 Å². The summed E-state index contributed by atoms with van der Waals surface area (Å²) in [6.45, 7) is 4.33. The van der Waals surface area contributed by atoms with E-state index in [1.165, 1.54) is 0 Å². The molecule has 3 aromatic carbocycles. The van der Waals surface area contributed by atoms with Crippen molar-refractivity contribution in [3.63, 3.8) is 0 Å². The van der Waals surface area contributed by atoms with Gasteiger partial charge in [-0.1, -0.05) is 41.4 Å². The molecular formula is C24H20Cl2N4O2. The number of nitrogens with one attached hydrogen (secondary N) is 1. The van der Waals surface area contributed by atoms with Crippen molar-refractivity contribution in [2.24, 2.45) is 0 Å². The van der Waals surface area contributed by atoms with E-state index in [0.717, 1.165) is 22.6 Å². The fourth-order valence-electron chi connectivity index (χ4n) is 3.17. The molecule has 1 aromatic heterocycles. The maximum atomic E-state index is 13.0. The fraction of sp³-hybridized carbons (Fsp3) is 0.125. The second-order valence-corrected chi connectivity index (χ2v) is 7.82. The Morgan fingerprint density at radius 1 is 1.06 bits per heavy atom. The van der Waals surface area contributed by atoms with E-state index in [1.807, 2.05) is 50.2 Å². The molecule has 0 saturated heterocycles. The molecule has 32 heavy (non-hydrogen) atoms. The lowest BCUT2D eigenvalue weighted by Crippen LogP contribution is -2.15. The van der Waals surface area contributed by atoms with E-state index >= 15 is 0 Å². The highest BCUT2D eigenvalue weighted by Crippen LogP contribution is 2.26. The standard InChI is InChI=1S/C24H20Cl2N4O2/c1-3-32-19-12-10-18(11-13-19)30-23(16-6-4-7-17(25)14-16)28-22(29-30)24(31)27-21-9-5-8-20(26)15(21)2/h4-14H,3H2,1-2H3,(H,27,31). The van der Waals surface area contributed by atoms with Crippen molar-refractivity contribution in [1.29, 1.82) is 0 Å². The van der Waals surface area contributed by atoms with Crippen molar-refractivity contribution in [3.05, 3.63) is 88.2 Å². The van der Waals surface area contributed by atoms with Gasteiger partial charge in [-0.25, -0.2) is 9.67 Å². The zero-order chi connectivity index (χ0) is 22.7. The first-order valence-corrected chi connectivity index (χ1v) is 10.7. The van der Waals surface area contributed by atoms with Crippen molar-refractivity contribution < 1.29 is 9.53 Å². The van der Waals surface area contributed by atoms with Gasteiger partial charge >= 0.3 is 0 Å². The minimum absolute atomic E-state index is 0.0215. The van der Waals surface area contributed by atoms with Gasteiger partial charge < -0.3 is 10.1 Å². The van der Waals surface area contributed by atoms with Gasteiger partial charge in [0.1, 0.15) is 5.75 Å². The number of ether oxygens (including phenoxy) is 1. The molecular weight excluding hydrogens is 447 g/mol. The molecule has 0 spiro atoms. The molecule has 4 rings (SSSR count). The lowest BCUT2D eigenvalue weighted by atomic mass is 10.2. The molecule has 4 aromatic rings. The van der Waals surface area contributed by atoms with Gasteiger partial charge in [0.05, 0.1) is 12.3 Å². The van der Waals surface area contributed by atoms with Crippen molar-refractivity contribution in [3.8, 4) is 22.8 Å². The summed E-state index contributed by atoms with van der Waals surface area (Å²) in [6.07, 6.45) is 0. The van der Waals surface area contributed by atoms with Crippen LogP contribution in [-0.4, -0.2) is 27.3 Å². The number of amides is 1. The van der Waals surface area contributed by atoms with Gasteiger partial charge in [0.2, 0.25) is 5.82 Å². The monoisotopic (exact) mass is 466 g/mol. The molecule has 0 unspecified atom stereocenters. The average molecular weight is 467 g/mol. The van der Waals surface area contributed by atoms with E-state index in [1.54, 1.807) is 35.0 Å². The lowest BCUT2D eigenvalue weighted by Gasteiger charge is -2.08. The van der Waals surface area contributed by atoms with Gasteiger partial charge in [-0.3, -0.25) is 4.79 Å². The van der Waals surface area contributed by atoms with Gasteiger partial charge in [-0.05, 0) is 67.9 Å². The quantitative estimate of drug-likeness (QED) is 0.367. The molecule has 0 atom stereocenters. The number of carbonyl (C=O) groups is 1. The predicted octanol–water partition coefficient (Wildman–Crippen LogP) is 6.20. The summed E-state index contributed by atoms with van der Waals surface area (Å²) < 4.78 is 7.13. The van der Waals surface area contributed by atoms with Crippen LogP contribution in [0.4, 0.5) is 5.69 Å². The smallest absolute Gasteiger partial charge is 0.295 e. The van der Waals surface area contributed by atoms with Crippen LogP contribution >= 0.6 is 23.2 Å². The van der Waals surface area contributed by atoms with Crippen molar-refractivity contribution in [2.45, 2.75) is 13.8 Å². The third kappa shape index (κ3) is 4.61. The van der Waals surface area contributed by atoms with Crippen LogP contribution in [0.25, 0.3) is 17.1 Å². The van der Waals surface area contributed by atoms with Crippen molar-refractivity contribution >= 4 is 34.8 Å². The van der Waals surface area contributed by atoms with E-state index < -0.39 is 5.91 Å². The molecule has 162 valence electrons. The van der Waals surface area contributed by atoms with Crippen LogP contribution in [0.5, 0.6) is 5.75 Å². The summed E-state index contributed by atoms with van der Waals surface area (Å²) in [6, 6.07) is 20.0. The number of hydrogen-bond acceptors (Lipinski definition) is 4. The molecule has 0 aliphatic carbocycles. The van der Waals surface area contributed by atoms with Crippen LogP contribution in [0.1, 0.15) is 23.1 Å². The number of aromatic nitrogens is 3. The third-order valence-corrected chi connectivity index (χ3v) is 5.45. The van der Waals surface area contributed by atoms with Crippen LogP contribution in [0, 0.1) is 6.92 Å². The number of carbonyl (C=O) groups excluding carboxylic acids is 1. The predicted molar refractivity (Wildman–Crippen MR) is 127 cm³/mol. The Morgan fingerprint density at radius 2 is 1.81 bits per heavy atom. The van der Waals surface area contributed by atoms with E-state index in [9.17, 15) is 4.79 Å². The third-order valence-electron chi connectivity index (χ3n) is 4.80. The van der Waals surface area contributed by atoms with Crippen LogP contribution in [0.15, 0.2) is 66.7 Å². The Bertz CT molecular complexity index is 1270. The highest BCUT2D eigenvalue weighted by molar-refractivity contribution is 6.32. The van der Waals surface area contributed by atoms with Crippen molar-refractivity contribution in [1.82, 2.24) is 14.8 Å². The number of anilines is 1. The van der Waals surface area contributed by atoms with Crippen LogP contribution < -0.4 is 10.1 Å². The molecule has 0 radical (unpaired) electrons. The first kappa shape index (κ1) is 21.9. The summed E-state index contributed by atoms with van der Waals surface area (Å²) in [5, 5.41) is 8.45. The lowest BCUT2D eigenvalue weighted by molar-refractivity contribution is 0.101. The van der Waals surface area contributed by atoms with Crippen molar-refractivity contribution in [2.75, 3.05) is 11.9 Å². The Hall–Kier alpha value is -3.35. The Labute approximate surface area is 195 Å². The molecule has 0 saturated carbocycles. The molecule has 8 heteroatoms. The van der Waals surface area contributed by atoms with E-state index in [2.05, 4.69) is 15.4 Å². The number of halogens is 2. The molecule has 1 N–H and O–H groups in total. The zero-order valence-corrected chi connectivity index (χ0v) is 19.0. The maximum absolute atomic E-state index is 13.0. The second kappa shape index (κ2) is 9.42. The number of hydrogen-bond donors (Lipinski definition) is 1. The zero-order valence-electron chi connectivity index (χ0n) is 17.5. The van der Waals surface area contributed by atoms with Gasteiger partial charge in [0.25, 0.3) is 5.91 Å². The van der Waals surface area contributed by atoms with Gasteiger partial charge in [0, 0.05) is 21.3 Å². The molecule has 0 aliphatic rings. The molecule has 1 heterocycles. The van der Waals surface area contributed by atoms with Crippen LogP contribution in [-0.2, 0) is 0 Å². The molecule has 6 nitrogen and oxygen atoms in total. The number of rotatable bonds is 6. The average Bonchev–Trinajstić information content (AvgIpc) is 3.23. The summed E-state index contributed by atoms with van der Waals surface area (Å²) in [7, 11) is 0. The first-order chi connectivity index (χ1) is 15.5. The molecule has 0 bridgehead atoms. The highest BCUT2D eigenvalue weighted by Gasteiger charge is 2.20. The Balaban J connectivity index is 1.75. The van der Waals surface area contributed by atoms with Gasteiger partial charge in [-0.15, -0.1) is 5.10 Å². The largest absolute Gasteiger partial charge is 0.494 e. The Kier molecular flexibility index (Phi) is 6.44. The first-order valence-electron chi connectivity index (χ1n) is 9.99. The summed E-state index contributed by atoms with van der Waals surface area (Å²) in [5.74, 6) is 0.816. The maximum Gasteiger partial charge on any atom is 0.295 e. The van der Waals surface area contributed by atoms with Crippen LogP contribution in [0.3, 0.4) is 0 Å². The SMILES string of the molecule is CCOc1ccc(-n2nc(C(=O)Nc3cccc(Cl)c3C)nc2-c2cccc(Cl)c2)cc1. The normalized spacial score (nSPS) is 10.8. The van der Waals surface area contributed by atoms with E-state index in [0.29, 0.717) is 28.2 Å². The van der Waals surface area contributed by atoms with E-state index in [4.69, 9.17) is 27.9 Å². The topological polar surface area (TPSA) is 69.0 Å². The Morgan fingerprint density at radius 3 is 2.53 bits per heavy atom. The minimum atomic E-state index is -0.441. The summed E-state index contributed by atoms with van der Waals surface area (Å²) >= 11 is 12.4. The molecule has 0 fully saturated rings. The number of nitrogens with zero attached hydrogens (tertiary/aromatic N) is 3. The second-order valence-electron chi connectivity index (χ2n) is 6.97. The minimum Gasteiger partial charge on any atom is -0.494 e. The van der Waals surface area contributed by atoms with Crippen LogP contribution in [0.2, 0.25) is 10.0 Å². The van der Waals surface area contributed by atoms with Gasteiger partial charge in [0.15, 0.2) is 5.82 Å². The number of benzene rings is 3. The fourth-order valence-corrected chi connectivity index (χ4v) is 3.54. The summed E-state index contributed by atoms with van der Waals surface area (Å²) in [5.41, 5.74) is 2.83. The highest BCUT2D eigenvalue weighted by atomic mass is 35.5.